The molecule has 1 aromatic rings. The van der Waals surface area contributed by atoms with Gasteiger partial charge in [0.05, 0.1) is 11.7 Å². The number of carbonyl (C=O) groups is 2. The van der Waals surface area contributed by atoms with Gasteiger partial charge in [-0.1, -0.05) is 6.58 Å². The van der Waals surface area contributed by atoms with Crippen LogP contribution in [-0.4, -0.2) is 55.0 Å². The molecule has 2 N–H and O–H groups in total. The number of fused-ring (bicyclic) bond motifs is 4. The quantitative estimate of drug-likeness (QED) is 0.773. The predicted octanol–water partition coefficient (Wildman–Crippen LogP) is 0.605. The van der Waals surface area contributed by atoms with E-state index in [1.165, 1.54) is 0 Å². The molecule has 26 heavy (non-hydrogen) atoms. The number of allylic oxidation sites excluding steroid dienone is 1. The number of hydrogen-bond acceptors (Lipinski definition) is 5. The van der Waals surface area contributed by atoms with Crippen molar-refractivity contribution in [2.24, 2.45) is 0 Å². The zero-order valence-electron chi connectivity index (χ0n) is 14.6. The maximum atomic E-state index is 12.9. The fourth-order valence-corrected chi connectivity index (χ4v) is 4.42. The van der Waals surface area contributed by atoms with E-state index >= 15 is 0 Å². The van der Waals surface area contributed by atoms with E-state index in [-0.39, 0.29) is 11.8 Å². The number of hydrogen-bond donors (Lipinski definition) is 2. The summed E-state index contributed by atoms with van der Waals surface area (Å²) >= 11 is 0. The molecule has 4 aliphatic rings. The number of piperazine rings is 1. The van der Waals surface area contributed by atoms with Crippen LogP contribution in [0.3, 0.4) is 0 Å². The second-order valence-electron chi connectivity index (χ2n) is 7.42. The molecule has 5 rings (SSSR count). The normalized spacial score (nSPS) is 27.5. The highest BCUT2D eigenvalue weighted by Crippen LogP contribution is 2.40. The van der Waals surface area contributed by atoms with E-state index in [2.05, 4.69) is 28.2 Å². The topological polar surface area (TPSA) is 73.9 Å². The maximum absolute atomic E-state index is 12.9. The Bertz CT molecular complexity index is 821. The summed E-state index contributed by atoms with van der Waals surface area (Å²) in [6.07, 6.45) is 1.33. The average Bonchev–Trinajstić information content (AvgIpc) is 2.96. The first kappa shape index (κ1) is 15.7. The summed E-state index contributed by atoms with van der Waals surface area (Å²) in [6.45, 7) is 7.71. The van der Waals surface area contributed by atoms with Crippen molar-refractivity contribution in [3.63, 3.8) is 0 Å². The molecular weight excluding hydrogens is 332 g/mol. The van der Waals surface area contributed by atoms with Gasteiger partial charge in [0.15, 0.2) is 0 Å². The molecule has 2 unspecified atom stereocenters. The number of carbonyl (C=O) groups excluding carboxylic acids is 2. The number of benzene rings is 1. The highest BCUT2D eigenvalue weighted by Gasteiger charge is 2.40. The molecule has 0 aromatic heterocycles. The Kier molecular flexibility index (Phi) is 3.46. The lowest BCUT2D eigenvalue weighted by Gasteiger charge is -2.42. The largest absolute Gasteiger partial charge is 0.489 e. The number of ether oxygens (including phenoxy) is 1. The Morgan fingerprint density at radius 3 is 2.96 bits per heavy atom. The third-order valence-electron chi connectivity index (χ3n) is 5.81. The van der Waals surface area contributed by atoms with Crippen molar-refractivity contribution < 1.29 is 14.3 Å². The van der Waals surface area contributed by atoms with Gasteiger partial charge in [-0.15, -0.1) is 0 Å². The molecule has 2 amide bonds. The summed E-state index contributed by atoms with van der Waals surface area (Å²) < 4.78 is 5.94. The molecule has 2 fully saturated rings. The summed E-state index contributed by atoms with van der Waals surface area (Å²) in [6, 6.07) is 3.85. The van der Waals surface area contributed by atoms with Crippen LogP contribution in [0.1, 0.15) is 28.8 Å². The highest BCUT2D eigenvalue weighted by molar-refractivity contribution is 6.02. The third-order valence-corrected chi connectivity index (χ3v) is 5.81. The molecule has 1 aromatic carbocycles. The van der Waals surface area contributed by atoms with E-state index in [0.717, 1.165) is 42.3 Å². The van der Waals surface area contributed by atoms with Gasteiger partial charge in [0.1, 0.15) is 18.4 Å². The number of nitrogens with zero attached hydrogens (tertiary/aromatic N) is 2. The van der Waals surface area contributed by atoms with Crippen LogP contribution in [0.25, 0.3) is 0 Å². The minimum Gasteiger partial charge on any atom is -0.489 e. The van der Waals surface area contributed by atoms with Crippen LogP contribution in [0.2, 0.25) is 0 Å². The molecule has 0 bridgehead atoms. The van der Waals surface area contributed by atoms with E-state index in [4.69, 9.17) is 4.74 Å². The fraction of sp³-hybridized carbons (Fsp3) is 0.474. The summed E-state index contributed by atoms with van der Waals surface area (Å²) in [5.74, 6) is 0.561. The molecule has 0 saturated carbocycles. The maximum Gasteiger partial charge on any atom is 0.255 e. The van der Waals surface area contributed by atoms with Crippen molar-refractivity contribution >= 4 is 17.5 Å². The highest BCUT2D eigenvalue weighted by atomic mass is 16.5. The smallest absolute Gasteiger partial charge is 0.255 e. The van der Waals surface area contributed by atoms with Gasteiger partial charge < -0.3 is 25.2 Å². The fourth-order valence-electron chi connectivity index (χ4n) is 4.42. The molecule has 2 saturated heterocycles. The van der Waals surface area contributed by atoms with Gasteiger partial charge in [-0.25, -0.2) is 0 Å². The van der Waals surface area contributed by atoms with E-state index in [9.17, 15) is 9.59 Å². The first-order chi connectivity index (χ1) is 12.6. The van der Waals surface area contributed by atoms with Crippen LogP contribution < -0.4 is 20.3 Å². The van der Waals surface area contributed by atoms with E-state index in [1.807, 2.05) is 6.07 Å². The van der Waals surface area contributed by atoms with E-state index in [1.54, 1.807) is 4.90 Å². The molecule has 4 heterocycles. The van der Waals surface area contributed by atoms with Gasteiger partial charge in [-0.2, -0.15) is 0 Å². The summed E-state index contributed by atoms with van der Waals surface area (Å²) in [7, 11) is 0. The number of rotatable bonds is 1. The zero-order valence-corrected chi connectivity index (χ0v) is 14.6. The summed E-state index contributed by atoms with van der Waals surface area (Å²) in [5.41, 5.74) is 3.44. The van der Waals surface area contributed by atoms with Gasteiger partial charge in [0, 0.05) is 37.4 Å². The molecule has 7 nitrogen and oxygen atoms in total. The second-order valence-corrected chi connectivity index (χ2v) is 7.42. The van der Waals surface area contributed by atoms with Gasteiger partial charge in [-0.05, 0) is 30.5 Å². The number of nitrogens with one attached hydrogen (secondary N) is 2. The van der Waals surface area contributed by atoms with Gasteiger partial charge in [0.25, 0.3) is 5.91 Å². The Balaban J connectivity index is 1.46. The monoisotopic (exact) mass is 354 g/mol. The van der Waals surface area contributed by atoms with Crippen molar-refractivity contribution in [1.29, 1.82) is 0 Å². The first-order valence-electron chi connectivity index (χ1n) is 9.18. The second kappa shape index (κ2) is 5.74. The lowest BCUT2D eigenvalue weighted by molar-refractivity contribution is -0.126. The Hall–Kier alpha value is -2.54. The van der Waals surface area contributed by atoms with Crippen LogP contribution in [0.15, 0.2) is 24.4 Å². The van der Waals surface area contributed by atoms with Crippen LogP contribution in [0, 0.1) is 0 Å². The van der Waals surface area contributed by atoms with Crippen LogP contribution >= 0.6 is 0 Å². The molecular formula is C19H22N4O3. The molecule has 0 spiro atoms. The van der Waals surface area contributed by atoms with Crippen molar-refractivity contribution in [3.05, 3.63) is 35.5 Å². The lowest BCUT2D eigenvalue weighted by Crippen LogP contribution is -2.55. The summed E-state index contributed by atoms with van der Waals surface area (Å²) in [4.78, 5) is 29.3. The van der Waals surface area contributed by atoms with Crippen LogP contribution in [-0.2, 0) is 11.3 Å². The van der Waals surface area contributed by atoms with Crippen LogP contribution in [0.5, 0.6) is 5.75 Å². The first-order valence-corrected chi connectivity index (χ1v) is 9.18. The van der Waals surface area contributed by atoms with E-state index < -0.39 is 6.04 Å². The number of piperidine rings is 1. The molecule has 7 heteroatoms. The predicted molar refractivity (Wildman–Crippen MR) is 96.1 cm³/mol. The van der Waals surface area contributed by atoms with Gasteiger partial charge in [-0.3, -0.25) is 9.59 Å². The standard InChI is InChI=1S/C19H22N4O3/c1-11-2-3-15(18(24)21-11)23-9-12-6-16-17(7-14(12)19(23)25)26-10-13-8-20-4-5-22(13)16/h6-7,13,15,20H,1-5,8-10H2,(H,21,24). The number of amides is 2. The molecule has 136 valence electrons. The average molecular weight is 354 g/mol. The van der Waals surface area contributed by atoms with Crippen LogP contribution in [0.4, 0.5) is 5.69 Å². The Morgan fingerprint density at radius 1 is 1.23 bits per heavy atom. The molecule has 0 radical (unpaired) electrons. The minimum absolute atomic E-state index is 0.0819. The Labute approximate surface area is 152 Å². The lowest BCUT2D eigenvalue weighted by atomic mass is 10.0. The summed E-state index contributed by atoms with van der Waals surface area (Å²) in [5, 5.41) is 6.18. The molecule has 4 aliphatic heterocycles. The van der Waals surface area contributed by atoms with Crippen molar-refractivity contribution in [3.8, 4) is 5.75 Å². The molecule has 2 atom stereocenters. The minimum atomic E-state index is -0.426. The van der Waals surface area contributed by atoms with Crippen molar-refractivity contribution in [1.82, 2.24) is 15.5 Å². The Morgan fingerprint density at radius 2 is 2.12 bits per heavy atom. The zero-order chi connectivity index (χ0) is 17.8. The third kappa shape index (κ3) is 2.30. The number of anilines is 1. The van der Waals surface area contributed by atoms with Gasteiger partial charge in [0.2, 0.25) is 5.91 Å². The van der Waals surface area contributed by atoms with E-state index in [0.29, 0.717) is 37.6 Å². The van der Waals surface area contributed by atoms with Crippen molar-refractivity contribution in [2.45, 2.75) is 31.5 Å². The van der Waals surface area contributed by atoms with Gasteiger partial charge >= 0.3 is 0 Å². The molecule has 0 aliphatic carbocycles. The van der Waals surface area contributed by atoms with Crippen molar-refractivity contribution in [2.75, 3.05) is 31.1 Å². The SMILES string of the molecule is C=C1CCC(N2Cc3cc4c(cc3C2=O)OCC2CNCCN42)C(=O)N1.